The third-order valence-electron chi connectivity index (χ3n) is 4.73. The molecule has 2 N–H and O–H groups in total. The number of halogens is 1. The number of benzene rings is 1. The lowest BCUT2D eigenvalue weighted by Gasteiger charge is -2.35. The van der Waals surface area contributed by atoms with Gasteiger partial charge in [-0.3, -0.25) is 0 Å². The average Bonchev–Trinajstić information content (AvgIpc) is 3.31. The zero-order valence-corrected chi connectivity index (χ0v) is 12.7. The maximum atomic E-state index is 12.9. The van der Waals surface area contributed by atoms with E-state index in [-0.39, 0.29) is 11.9 Å². The highest BCUT2D eigenvalue weighted by Crippen LogP contribution is 2.29. The maximum absolute atomic E-state index is 12.9. The van der Waals surface area contributed by atoms with Gasteiger partial charge in [-0.05, 0) is 42.9 Å². The number of piperazine rings is 1. The molecule has 0 amide bonds. The molecule has 1 unspecified atom stereocenters. The van der Waals surface area contributed by atoms with Gasteiger partial charge in [0, 0.05) is 45.3 Å². The smallest absolute Gasteiger partial charge is 0.123 e. The molecule has 1 saturated heterocycles. The molecule has 3 rings (SSSR count). The van der Waals surface area contributed by atoms with Crippen LogP contribution in [0.25, 0.3) is 0 Å². The van der Waals surface area contributed by atoms with E-state index in [2.05, 4.69) is 9.80 Å². The first-order valence-corrected chi connectivity index (χ1v) is 8.16. The lowest BCUT2D eigenvalue weighted by atomic mass is 10.0. The van der Waals surface area contributed by atoms with Crippen molar-refractivity contribution in [2.24, 2.45) is 11.7 Å². The summed E-state index contributed by atoms with van der Waals surface area (Å²) in [7, 11) is 0. The molecule has 1 aliphatic heterocycles. The van der Waals surface area contributed by atoms with E-state index in [1.54, 1.807) is 12.1 Å². The molecule has 3 nitrogen and oxygen atoms in total. The molecule has 1 heterocycles. The number of hydrogen-bond acceptors (Lipinski definition) is 3. The van der Waals surface area contributed by atoms with Gasteiger partial charge in [0.1, 0.15) is 5.82 Å². The van der Waals surface area contributed by atoms with Gasteiger partial charge in [0.25, 0.3) is 0 Å². The highest BCUT2D eigenvalue weighted by Gasteiger charge is 2.26. The number of hydrogen-bond donors (Lipinski definition) is 1. The van der Waals surface area contributed by atoms with Crippen LogP contribution in [-0.2, 0) is 0 Å². The molecule has 1 aliphatic carbocycles. The van der Waals surface area contributed by atoms with Gasteiger partial charge in [-0.1, -0.05) is 12.1 Å². The van der Waals surface area contributed by atoms with Crippen LogP contribution in [0.2, 0.25) is 0 Å². The maximum Gasteiger partial charge on any atom is 0.123 e. The summed E-state index contributed by atoms with van der Waals surface area (Å²) >= 11 is 0. The first kappa shape index (κ1) is 14.9. The molecule has 1 aromatic rings. The molecule has 0 spiro atoms. The second-order valence-electron chi connectivity index (χ2n) is 6.53. The minimum atomic E-state index is -0.197. The van der Waals surface area contributed by atoms with Gasteiger partial charge in [-0.15, -0.1) is 0 Å². The first-order chi connectivity index (χ1) is 10.2. The van der Waals surface area contributed by atoms with Crippen molar-refractivity contribution >= 4 is 0 Å². The highest BCUT2D eigenvalue weighted by molar-refractivity contribution is 5.19. The van der Waals surface area contributed by atoms with Crippen molar-refractivity contribution in [2.75, 3.05) is 39.3 Å². The fourth-order valence-electron chi connectivity index (χ4n) is 3.06. The Morgan fingerprint density at radius 2 is 1.67 bits per heavy atom. The Labute approximate surface area is 126 Å². The van der Waals surface area contributed by atoms with Crippen molar-refractivity contribution in [1.82, 2.24) is 9.80 Å². The van der Waals surface area contributed by atoms with E-state index in [9.17, 15) is 4.39 Å². The molecule has 0 radical (unpaired) electrons. The molecule has 1 saturated carbocycles. The van der Waals surface area contributed by atoms with Crippen LogP contribution in [-0.4, -0.2) is 49.1 Å². The fraction of sp³-hybridized carbons (Fsp3) is 0.647. The lowest BCUT2D eigenvalue weighted by Crippen LogP contribution is -2.47. The van der Waals surface area contributed by atoms with E-state index >= 15 is 0 Å². The summed E-state index contributed by atoms with van der Waals surface area (Å²) in [6.07, 6.45) is 3.81. The monoisotopic (exact) mass is 291 g/mol. The molecule has 2 aliphatic rings. The Balaban J connectivity index is 1.38. The van der Waals surface area contributed by atoms with Gasteiger partial charge < -0.3 is 15.5 Å². The standard InChI is InChI=1S/C17H26FN3/c18-16-5-3-15(4-6-16)17(19)7-8-20-9-11-21(12-10-20)13-14-1-2-14/h3-6,14,17H,1-2,7-13,19H2. The number of nitrogens with two attached hydrogens (primary N) is 1. The van der Waals surface area contributed by atoms with E-state index in [1.165, 1.54) is 44.6 Å². The minimum Gasteiger partial charge on any atom is -0.324 e. The van der Waals surface area contributed by atoms with Crippen molar-refractivity contribution in [3.8, 4) is 0 Å². The molecule has 21 heavy (non-hydrogen) atoms. The van der Waals surface area contributed by atoms with Gasteiger partial charge >= 0.3 is 0 Å². The molecule has 1 aromatic carbocycles. The first-order valence-electron chi connectivity index (χ1n) is 8.16. The van der Waals surface area contributed by atoms with Crippen LogP contribution in [0.5, 0.6) is 0 Å². The van der Waals surface area contributed by atoms with Crippen LogP contribution >= 0.6 is 0 Å². The third-order valence-corrected chi connectivity index (χ3v) is 4.73. The summed E-state index contributed by atoms with van der Waals surface area (Å²) in [5.74, 6) is 0.793. The molecular weight excluding hydrogens is 265 g/mol. The van der Waals surface area contributed by atoms with Crippen molar-refractivity contribution in [1.29, 1.82) is 0 Å². The summed E-state index contributed by atoms with van der Waals surface area (Å²) in [6.45, 7) is 7.05. The van der Waals surface area contributed by atoms with Gasteiger partial charge in [-0.2, -0.15) is 0 Å². The van der Waals surface area contributed by atoms with Crippen molar-refractivity contribution in [3.63, 3.8) is 0 Å². The molecular formula is C17H26FN3. The van der Waals surface area contributed by atoms with Gasteiger partial charge in [0.15, 0.2) is 0 Å². The summed E-state index contributed by atoms with van der Waals surface area (Å²) in [5.41, 5.74) is 7.24. The van der Waals surface area contributed by atoms with Gasteiger partial charge in [-0.25, -0.2) is 4.39 Å². The molecule has 2 fully saturated rings. The second kappa shape index (κ2) is 6.86. The quantitative estimate of drug-likeness (QED) is 0.872. The van der Waals surface area contributed by atoms with Crippen molar-refractivity contribution in [3.05, 3.63) is 35.6 Å². The normalized spacial score (nSPS) is 22.4. The summed E-state index contributed by atoms with van der Waals surface area (Å²) in [5, 5.41) is 0. The van der Waals surface area contributed by atoms with Crippen LogP contribution in [0.4, 0.5) is 4.39 Å². The summed E-state index contributed by atoms with van der Waals surface area (Å²) < 4.78 is 12.9. The van der Waals surface area contributed by atoms with Gasteiger partial charge in [0.05, 0.1) is 0 Å². The zero-order valence-electron chi connectivity index (χ0n) is 12.7. The summed E-state index contributed by atoms with van der Waals surface area (Å²) in [6, 6.07) is 6.59. The van der Waals surface area contributed by atoms with E-state index < -0.39 is 0 Å². The zero-order chi connectivity index (χ0) is 14.7. The highest BCUT2D eigenvalue weighted by atomic mass is 19.1. The Hall–Kier alpha value is -0.970. The number of rotatable bonds is 6. The van der Waals surface area contributed by atoms with Crippen LogP contribution in [0.1, 0.15) is 30.9 Å². The Morgan fingerprint density at radius 3 is 2.29 bits per heavy atom. The summed E-state index contributed by atoms with van der Waals surface area (Å²) in [4.78, 5) is 5.11. The predicted molar refractivity (Wildman–Crippen MR) is 83.5 cm³/mol. The van der Waals surface area contributed by atoms with E-state index in [0.717, 1.165) is 37.5 Å². The van der Waals surface area contributed by atoms with E-state index in [0.29, 0.717) is 0 Å². The number of nitrogens with zero attached hydrogens (tertiary/aromatic N) is 2. The Morgan fingerprint density at radius 1 is 1.05 bits per heavy atom. The van der Waals surface area contributed by atoms with Crippen LogP contribution in [0, 0.1) is 11.7 Å². The minimum absolute atomic E-state index is 0.00935. The SMILES string of the molecule is NC(CCN1CCN(CC2CC2)CC1)c1ccc(F)cc1. The van der Waals surface area contributed by atoms with Crippen LogP contribution in [0.15, 0.2) is 24.3 Å². The van der Waals surface area contributed by atoms with E-state index in [1.807, 2.05) is 0 Å². The second-order valence-corrected chi connectivity index (χ2v) is 6.53. The predicted octanol–water partition coefficient (Wildman–Crippen LogP) is 2.24. The van der Waals surface area contributed by atoms with Gasteiger partial charge in [0.2, 0.25) is 0 Å². The largest absolute Gasteiger partial charge is 0.324 e. The average molecular weight is 291 g/mol. The Kier molecular flexibility index (Phi) is 4.88. The van der Waals surface area contributed by atoms with E-state index in [4.69, 9.17) is 5.73 Å². The Bertz CT molecular complexity index is 436. The molecule has 0 bridgehead atoms. The fourth-order valence-corrected chi connectivity index (χ4v) is 3.06. The lowest BCUT2D eigenvalue weighted by molar-refractivity contribution is 0.126. The van der Waals surface area contributed by atoms with Crippen LogP contribution in [0.3, 0.4) is 0 Å². The third kappa shape index (κ3) is 4.50. The molecule has 116 valence electrons. The molecule has 1 atom stereocenters. The van der Waals surface area contributed by atoms with Crippen molar-refractivity contribution in [2.45, 2.75) is 25.3 Å². The topological polar surface area (TPSA) is 32.5 Å². The molecule has 0 aromatic heterocycles. The molecule has 4 heteroatoms. The van der Waals surface area contributed by atoms with Crippen molar-refractivity contribution < 1.29 is 4.39 Å². The van der Waals surface area contributed by atoms with Crippen LogP contribution < -0.4 is 5.73 Å².